The number of carbonyl (C=O) groups is 1. The molecule has 0 amide bonds. The molecule has 0 radical (unpaired) electrons. The van der Waals surface area contributed by atoms with Gasteiger partial charge in [-0.3, -0.25) is 4.79 Å². The number of alkyl halides is 1. The highest BCUT2D eigenvalue weighted by Crippen LogP contribution is 2.16. The Morgan fingerprint density at radius 3 is 2.18 bits per heavy atom. The molecule has 0 aliphatic rings. The van der Waals surface area contributed by atoms with Gasteiger partial charge < -0.3 is 0 Å². The third-order valence-electron chi connectivity index (χ3n) is 2.85. The van der Waals surface area contributed by atoms with Crippen LogP contribution in [0.25, 0.3) is 0 Å². The van der Waals surface area contributed by atoms with Gasteiger partial charge in [0, 0.05) is 5.92 Å². The van der Waals surface area contributed by atoms with Gasteiger partial charge in [0.05, 0.1) is 4.83 Å². The van der Waals surface area contributed by atoms with Crippen molar-refractivity contribution in [3.05, 3.63) is 35.4 Å². The van der Waals surface area contributed by atoms with E-state index in [2.05, 4.69) is 47.1 Å². The van der Waals surface area contributed by atoms with Gasteiger partial charge >= 0.3 is 0 Å². The van der Waals surface area contributed by atoms with E-state index in [0.717, 1.165) is 12.8 Å². The molecule has 1 rings (SSSR count). The van der Waals surface area contributed by atoms with E-state index in [1.807, 2.05) is 13.8 Å². The second-order valence-corrected chi connectivity index (χ2v) is 5.90. The van der Waals surface area contributed by atoms with E-state index in [1.165, 1.54) is 17.5 Å². The summed E-state index contributed by atoms with van der Waals surface area (Å²) >= 11 is 3.48. The van der Waals surface area contributed by atoms with Crippen LogP contribution in [0.3, 0.4) is 0 Å². The maximum Gasteiger partial charge on any atom is 0.149 e. The Labute approximate surface area is 113 Å². The molecule has 0 bridgehead atoms. The average molecular weight is 297 g/mol. The quantitative estimate of drug-likeness (QED) is 0.720. The molecule has 0 saturated carbocycles. The van der Waals surface area contributed by atoms with Gasteiger partial charge in [-0.15, -0.1) is 0 Å². The number of aryl methyl sites for hydroxylation is 1. The SMILES string of the molecule is CCCc1ccc(CC(Br)C(=O)C(C)C)cc1. The van der Waals surface area contributed by atoms with E-state index < -0.39 is 0 Å². The highest BCUT2D eigenvalue weighted by atomic mass is 79.9. The lowest BCUT2D eigenvalue weighted by atomic mass is 9.99. The van der Waals surface area contributed by atoms with E-state index in [9.17, 15) is 4.79 Å². The molecule has 0 saturated heterocycles. The van der Waals surface area contributed by atoms with Crippen molar-refractivity contribution in [1.29, 1.82) is 0 Å². The second kappa shape index (κ2) is 6.95. The van der Waals surface area contributed by atoms with E-state index in [-0.39, 0.29) is 16.5 Å². The molecule has 2 heteroatoms. The fourth-order valence-corrected chi connectivity index (χ4v) is 2.70. The predicted molar refractivity (Wildman–Crippen MR) is 76.7 cm³/mol. The maximum absolute atomic E-state index is 11.8. The Morgan fingerprint density at radius 1 is 1.18 bits per heavy atom. The molecule has 0 aromatic heterocycles. The van der Waals surface area contributed by atoms with Crippen molar-refractivity contribution in [2.75, 3.05) is 0 Å². The molecular weight excluding hydrogens is 276 g/mol. The third kappa shape index (κ3) is 4.63. The van der Waals surface area contributed by atoms with Gasteiger partial charge in [0.1, 0.15) is 5.78 Å². The van der Waals surface area contributed by atoms with Crippen LogP contribution in [0.2, 0.25) is 0 Å². The van der Waals surface area contributed by atoms with Crippen molar-refractivity contribution in [3.63, 3.8) is 0 Å². The first-order chi connectivity index (χ1) is 8.04. The van der Waals surface area contributed by atoms with Crippen molar-refractivity contribution in [2.24, 2.45) is 5.92 Å². The summed E-state index contributed by atoms with van der Waals surface area (Å²) in [5.41, 5.74) is 2.60. The minimum Gasteiger partial charge on any atom is -0.298 e. The van der Waals surface area contributed by atoms with Crippen molar-refractivity contribution in [2.45, 2.75) is 44.9 Å². The summed E-state index contributed by atoms with van der Waals surface area (Å²) < 4.78 is 0. The zero-order valence-corrected chi connectivity index (χ0v) is 12.5. The lowest BCUT2D eigenvalue weighted by Gasteiger charge is -2.11. The largest absolute Gasteiger partial charge is 0.298 e. The highest BCUT2D eigenvalue weighted by Gasteiger charge is 2.18. The fourth-order valence-electron chi connectivity index (χ4n) is 1.80. The number of Topliss-reactive ketones (excluding diaryl/α,β-unsaturated/α-hetero) is 1. The first-order valence-corrected chi connectivity index (χ1v) is 7.21. The van der Waals surface area contributed by atoms with Gasteiger partial charge in [0.25, 0.3) is 0 Å². The molecule has 94 valence electrons. The molecular formula is C15H21BrO. The smallest absolute Gasteiger partial charge is 0.149 e. The Hall–Kier alpha value is -0.630. The number of carbonyl (C=O) groups excluding carboxylic acids is 1. The summed E-state index contributed by atoms with van der Waals surface area (Å²) in [6, 6.07) is 8.59. The molecule has 1 unspecified atom stereocenters. The number of hydrogen-bond donors (Lipinski definition) is 0. The Kier molecular flexibility index (Phi) is 5.90. The number of benzene rings is 1. The molecule has 1 aromatic carbocycles. The molecule has 0 spiro atoms. The van der Waals surface area contributed by atoms with Gasteiger partial charge in [0.2, 0.25) is 0 Å². The first-order valence-electron chi connectivity index (χ1n) is 6.30. The van der Waals surface area contributed by atoms with E-state index in [0.29, 0.717) is 0 Å². The summed E-state index contributed by atoms with van der Waals surface area (Å²) in [5.74, 6) is 0.376. The standard InChI is InChI=1S/C15H21BrO/c1-4-5-12-6-8-13(9-7-12)10-14(16)15(17)11(2)3/h6-9,11,14H,4-5,10H2,1-3H3. The van der Waals surface area contributed by atoms with Crippen molar-refractivity contribution in [3.8, 4) is 0 Å². The summed E-state index contributed by atoms with van der Waals surface area (Å²) in [4.78, 5) is 11.7. The number of rotatable bonds is 6. The van der Waals surface area contributed by atoms with Gasteiger partial charge in [-0.05, 0) is 24.0 Å². The Morgan fingerprint density at radius 2 is 1.71 bits per heavy atom. The van der Waals surface area contributed by atoms with Crippen LogP contribution in [0, 0.1) is 5.92 Å². The molecule has 17 heavy (non-hydrogen) atoms. The summed E-state index contributed by atoms with van der Waals surface area (Å²) in [6.45, 7) is 6.08. The van der Waals surface area contributed by atoms with Crippen LogP contribution in [-0.4, -0.2) is 10.6 Å². The van der Waals surface area contributed by atoms with Crippen molar-refractivity contribution < 1.29 is 4.79 Å². The summed E-state index contributed by atoms with van der Waals surface area (Å²) in [7, 11) is 0. The highest BCUT2D eigenvalue weighted by molar-refractivity contribution is 9.10. The average Bonchev–Trinajstić information content (AvgIpc) is 2.30. The molecule has 0 heterocycles. The molecule has 1 nitrogen and oxygen atoms in total. The second-order valence-electron chi connectivity index (χ2n) is 4.80. The molecule has 0 N–H and O–H groups in total. The molecule has 0 aliphatic heterocycles. The summed E-state index contributed by atoms with van der Waals surface area (Å²) in [6.07, 6.45) is 3.08. The van der Waals surface area contributed by atoms with Gasteiger partial charge in [-0.25, -0.2) is 0 Å². The van der Waals surface area contributed by atoms with Crippen LogP contribution in [0.4, 0.5) is 0 Å². The van der Waals surface area contributed by atoms with E-state index in [4.69, 9.17) is 0 Å². The molecule has 0 aliphatic carbocycles. The number of halogens is 1. The third-order valence-corrected chi connectivity index (χ3v) is 3.63. The van der Waals surface area contributed by atoms with Crippen molar-refractivity contribution in [1.82, 2.24) is 0 Å². The molecule has 1 atom stereocenters. The van der Waals surface area contributed by atoms with Crippen LogP contribution in [-0.2, 0) is 17.6 Å². The monoisotopic (exact) mass is 296 g/mol. The van der Waals surface area contributed by atoms with E-state index in [1.54, 1.807) is 0 Å². The van der Waals surface area contributed by atoms with Gasteiger partial charge in [0.15, 0.2) is 0 Å². The normalized spacial score (nSPS) is 12.8. The molecule has 0 fully saturated rings. The van der Waals surface area contributed by atoms with Gasteiger partial charge in [-0.1, -0.05) is 67.4 Å². The Balaban J connectivity index is 2.60. The number of ketones is 1. The zero-order valence-electron chi connectivity index (χ0n) is 10.9. The van der Waals surface area contributed by atoms with Crippen molar-refractivity contribution >= 4 is 21.7 Å². The zero-order chi connectivity index (χ0) is 12.8. The topological polar surface area (TPSA) is 17.1 Å². The lowest BCUT2D eigenvalue weighted by molar-refractivity contribution is -0.121. The Bertz CT molecular complexity index is 354. The minimum absolute atomic E-state index is 0.0560. The first kappa shape index (κ1) is 14.4. The van der Waals surface area contributed by atoms with Crippen LogP contribution >= 0.6 is 15.9 Å². The maximum atomic E-state index is 11.8. The summed E-state index contributed by atoms with van der Waals surface area (Å²) in [5, 5.41) is 0. The predicted octanol–water partition coefficient (Wildman–Crippen LogP) is 4.17. The fraction of sp³-hybridized carbons (Fsp3) is 0.533. The molecule has 1 aromatic rings. The minimum atomic E-state index is -0.0560. The van der Waals surface area contributed by atoms with E-state index >= 15 is 0 Å². The van der Waals surface area contributed by atoms with Crippen LogP contribution in [0.5, 0.6) is 0 Å². The lowest BCUT2D eigenvalue weighted by Crippen LogP contribution is -2.21. The number of hydrogen-bond acceptors (Lipinski definition) is 1. The van der Waals surface area contributed by atoms with Crippen LogP contribution < -0.4 is 0 Å². The van der Waals surface area contributed by atoms with Gasteiger partial charge in [-0.2, -0.15) is 0 Å². The van der Waals surface area contributed by atoms with Crippen LogP contribution in [0.15, 0.2) is 24.3 Å². The van der Waals surface area contributed by atoms with Crippen LogP contribution in [0.1, 0.15) is 38.3 Å².